The molecule has 0 spiro atoms. The fraction of sp³-hybridized carbons (Fsp3) is 0.250. The van der Waals surface area contributed by atoms with Gasteiger partial charge in [0.1, 0.15) is 0 Å². The van der Waals surface area contributed by atoms with Crippen LogP contribution in [-0.4, -0.2) is 24.3 Å². The first-order valence-electron chi connectivity index (χ1n) is 3.21. The molecular weight excluding hydrogens is 176 g/mol. The van der Waals surface area contributed by atoms with E-state index in [1.807, 2.05) is 0 Å². The molecule has 0 aromatic carbocycles. The first-order valence-corrected chi connectivity index (χ1v) is 3.21. The van der Waals surface area contributed by atoms with Crippen molar-refractivity contribution in [3.05, 3.63) is 24.8 Å². The molecule has 0 fully saturated rings. The van der Waals surface area contributed by atoms with E-state index in [0.717, 1.165) is 6.08 Å². The summed E-state index contributed by atoms with van der Waals surface area (Å²) in [4.78, 5) is 22.9. The Hall–Kier alpha value is -1.62. The minimum absolute atomic E-state index is 0.347. The molecule has 5 heteroatoms. The van der Waals surface area contributed by atoms with E-state index in [1.54, 1.807) is 6.92 Å². The molecule has 0 aliphatic carbocycles. The van der Waals surface area contributed by atoms with Crippen molar-refractivity contribution in [2.24, 2.45) is 0 Å². The average molecular weight is 188 g/mol. The second-order valence-electron chi connectivity index (χ2n) is 1.89. The Bertz CT molecular complexity index is 207. The fourth-order valence-electron chi connectivity index (χ4n) is 0.211. The Balaban J connectivity index is 0. The third-order valence-corrected chi connectivity index (χ3v) is 0.790. The lowest BCUT2D eigenvalue weighted by molar-refractivity contribution is -0.228. The molecule has 1 N–H and O–H groups in total. The number of esters is 1. The second kappa shape index (κ2) is 8.48. The van der Waals surface area contributed by atoms with E-state index in [-0.39, 0.29) is 5.97 Å². The standard InChI is InChI=1S/C5H8O2.C3H4O3/c1-4(2)5(6)7-3;1-2-3(4)6-5/h1H2,2-3H3;2,5H,1H2. The van der Waals surface area contributed by atoms with Gasteiger partial charge in [-0.1, -0.05) is 13.2 Å². The minimum atomic E-state index is -0.838. The largest absolute Gasteiger partial charge is 0.466 e. The molecule has 0 radical (unpaired) electrons. The number of carbonyl (C=O) groups is 2. The van der Waals surface area contributed by atoms with Crippen molar-refractivity contribution in [1.29, 1.82) is 0 Å². The third-order valence-electron chi connectivity index (χ3n) is 0.790. The molecule has 0 aromatic heterocycles. The van der Waals surface area contributed by atoms with Gasteiger partial charge in [-0.15, -0.1) is 0 Å². The zero-order valence-electron chi connectivity index (χ0n) is 7.57. The van der Waals surface area contributed by atoms with Gasteiger partial charge in [0.15, 0.2) is 0 Å². The summed E-state index contributed by atoms with van der Waals surface area (Å²) >= 11 is 0. The van der Waals surface area contributed by atoms with Gasteiger partial charge >= 0.3 is 11.9 Å². The Morgan fingerprint density at radius 1 is 1.46 bits per heavy atom. The van der Waals surface area contributed by atoms with Gasteiger partial charge in [0, 0.05) is 11.6 Å². The Morgan fingerprint density at radius 3 is 1.92 bits per heavy atom. The molecule has 74 valence electrons. The van der Waals surface area contributed by atoms with Crippen molar-refractivity contribution in [1.82, 2.24) is 0 Å². The van der Waals surface area contributed by atoms with Gasteiger partial charge < -0.3 is 4.74 Å². The molecule has 0 bridgehead atoms. The topological polar surface area (TPSA) is 72.8 Å². The Morgan fingerprint density at radius 2 is 1.92 bits per heavy atom. The molecular formula is C8H12O5. The van der Waals surface area contributed by atoms with Gasteiger partial charge in [0.2, 0.25) is 0 Å². The van der Waals surface area contributed by atoms with Gasteiger partial charge in [0.05, 0.1) is 7.11 Å². The van der Waals surface area contributed by atoms with E-state index >= 15 is 0 Å². The number of hydrogen-bond donors (Lipinski definition) is 1. The SMILES string of the molecule is C=C(C)C(=O)OC.C=CC(=O)OO. The highest BCUT2D eigenvalue weighted by Gasteiger charge is 1.95. The number of methoxy groups -OCH3 is 1. The quantitative estimate of drug-likeness (QED) is 0.302. The molecule has 0 aliphatic heterocycles. The first-order chi connectivity index (χ1) is 5.99. The molecule has 0 saturated carbocycles. The van der Waals surface area contributed by atoms with Crippen LogP contribution in [0, 0.1) is 0 Å². The number of rotatable bonds is 2. The number of carbonyl (C=O) groups excluding carboxylic acids is 2. The third kappa shape index (κ3) is 10.4. The smallest absolute Gasteiger partial charge is 0.365 e. The molecule has 0 saturated heterocycles. The highest BCUT2D eigenvalue weighted by molar-refractivity contribution is 5.86. The van der Waals surface area contributed by atoms with Crippen molar-refractivity contribution < 1.29 is 24.5 Å². The summed E-state index contributed by atoms with van der Waals surface area (Å²) in [6, 6.07) is 0. The lowest BCUT2D eigenvalue weighted by Crippen LogP contribution is -1.98. The highest BCUT2D eigenvalue weighted by atomic mass is 17.1. The fourth-order valence-corrected chi connectivity index (χ4v) is 0.211. The van der Waals surface area contributed by atoms with Crippen LogP contribution in [0.3, 0.4) is 0 Å². The van der Waals surface area contributed by atoms with E-state index < -0.39 is 5.97 Å². The van der Waals surface area contributed by atoms with Crippen LogP contribution < -0.4 is 0 Å². The van der Waals surface area contributed by atoms with Crippen molar-refractivity contribution in [3.8, 4) is 0 Å². The van der Waals surface area contributed by atoms with Crippen LogP contribution in [0.4, 0.5) is 0 Å². The van der Waals surface area contributed by atoms with E-state index in [0.29, 0.717) is 5.57 Å². The van der Waals surface area contributed by atoms with Crippen LogP contribution in [0.5, 0.6) is 0 Å². The second-order valence-corrected chi connectivity index (χ2v) is 1.89. The van der Waals surface area contributed by atoms with Crippen LogP contribution >= 0.6 is 0 Å². The van der Waals surface area contributed by atoms with Crippen LogP contribution in [0.1, 0.15) is 6.92 Å². The van der Waals surface area contributed by atoms with Gasteiger partial charge in [-0.2, -0.15) is 5.26 Å². The summed E-state index contributed by atoms with van der Waals surface area (Å²) in [5.41, 5.74) is 0.433. The number of hydrogen-bond acceptors (Lipinski definition) is 5. The average Bonchev–Trinajstić information content (AvgIpc) is 2.16. The summed E-state index contributed by atoms with van der Waals surface area (Å²) in [6.45, 7) is 7.95. The molecule has 0 rings (SSSR count). The van der Waals surface area contributed by atoms with Crippen molar-refractivity contribution in [3.63, 3.8) is 0 Å². The molecule has 0 unspecified atom stereocenters. The maximum absolute atomic E-state index is 10.2. The van der Waals surface area contributed by atoms with Gasteiger partial charge in [0.25, 0.3) is 0 Å². The van der Waals surface area contributed by atoms with E-state index in [9.17, 15) is 9.59 Å². The Labute approximate surface area is 76.2 Å². The first kappa shape index (κ1) is 13.9. The predicted octanol–water partition coefficient (Wildman–Crippen LogP) is 0.924. The summed E-state index contributed by atoms with van der Waals surface area (Å²) in [5.74, 6) is -1.19. The maximum atomic E-state index is 10.2. The van der Waals surface area contributed by atoms with Gasteiger partial charge in [-0.3, -0.25) is 4.89 Å². The van der Waals surface area contributed by atoms with Crippen molar-refractivity contribution in [2.45, 2.75) is 6.92 Å². The van der Waals surface area contributed by atoms with E-state index in [2.05, 4.69) is 22.8 Å². The predicted molar refractivity (Wildman–Crippen MR) is 45.7 cm³/mol. The van der Waals surface area contributed by atoms with Crippen LogP contribution in [-0.2, 0) is 19.2 Å². The van der Waals surface area contributed by atoms with Crippen molar-refractivity contribution in [2.75, 3.05) is 7.11 Å². The normalized spacial score (nSPS) is 7.31. The molecule has 0 aromatic rings. The molecule has 0 heterocycles. The van der Waals surface area contributed by atoms with Gasteiger partial charge in [-0.25, -0.2) is 9.59 Å². The molecule has 0 atom stereocenters. The highest BCUT2D eigenvalue weighted by Crippen LogP contribution is 1.87. The molecule has 13 heavy (non-hydrogen) atoms. The van der Waals surface area contributed by atoms with Crippen LogP contribution in [0.15, 0.2) is 24.8 Å². The maximum Gasteiger partial charge on any atom is 0.365 e. The van der Waals surface area contributed by atoms with Crippen molar-refractivity contribution >= 4 is 11.9 Å². The monoisotopic (exact) mass is 188 g/mol. The summed E-state index contributed by atoms with van der Waals surface area (Å²) < 4.78 is 4.27. The summed E-state index contributed by atoms with van der Waals surface area (Å²) in [5, 5.41) is 7.41. The lowest BCUT2D eigenvalue weighted by Gasteiger charge is -1.91. The molecule has 0 aliphatic rings. The molecule has 0 amide bonds. The van der Waals surface area contributed by atoms with E-state index in [4.69, 9.17) is 5.26 Å². The van der Waals surface area contributed by atoms with Gasteiger partial charge in [-0.05, 0) is 6.92 Å². The van der Waals surface area contributed by atoms with Crippen LogP contribution in [0.2, 0.25) is 0 Å². The van der Waals surface area contributed by atoms with E-state index in [1.165, 1.54) is 7.11 Å². The lowest BCUT2D eigenvalue weighted by atomic mass is 10.4. The Kier molecular flexibility index (Phi) is 9.09. The molecule has 5 nitrogen and oxygen atoms in total. The number of ether oxygens (including phenoxy) is 1. The summed E-state index contributed by atoms with van der Waals surface area (Å²) in [7, 11) is 1.33. The zero-order chi connectivity index (χ0) is 10.9. The minimum Gasteiger partial charge on any atom is -0.466 e. The zero-order valence-corrected chi connectivity index (χ0v) is 7.57. The summed E-state index contributed by atoms with van der Waals surface area (Å²) in [6.07, 6.45) is 0.861. The van der Waals surface area contributed by atoms with Crippen LogP contribution in [0.25, 0.3) is 0 Å².